The fraction of sp³-hybridized carbons (Fsp3) is 0.176. The average Bonchev–Trinajstić information content (AvgIpc) is 2.80. The molecule has 24 heavy (non-hydrogen) atoms. The van der Waals surface area contributed by atoms with E-state index < -0.39 is 0 Å². The van der Waals surface area contributed by atoms with Gasteiger partial charge in [-0.1, -0.05) is 35.3 Å². The number of hydrogen-bond donors (Lipinski definition) is 1. The minimum atomic E-state index is -0.223. The minimum absolute atomic E-state index is 0.145. The molecular formula is C17H15Cl2N3O2. The van der Waals surface area contributed by atoms with Crippen molar-refractivity contribution in [2.75, 3.05) is 5.32 Å². The van der Waals surface area contributed by atoms with Crippen LogP contribution in [0.25, 0.3) is 11.0 Å². The Morgan fingerprint density at radius 2 is 1.83 bits per heavy atom. The maximum absolute atomic E-state index is 12.3. The Hall–Kier alpha value is -2.24. The molecule has 3 rings (SSSR count). The van der Waals surface area contributed by atoms with Gasteiger partial charge in [0.15, 0.2) is 0 Å². The number of amides is 1. The lowest BCUT2D eigenvalue weighted by atomic mass is 10.3. The molecule has 3 aromatic rings. The monoisotopic (exact) mass is 363 g/mol. The summed E-state index contributed by atoms with van der Waals surface area (Å²) >= 11 is 11.9. The number of nitrogens with one attached hydrogen (secondary N) is 1. The molecule has 0 spiro atoms. The molecule has 124 valence electrons. The van der Waals surface area contributed by atoms with Crippen molar-refractivity contribution in [1.29, 1.82) is 0 Å². The zero-order chi connectivity index (χ0) is 17.3. The van der Waals surface area contributed by atoms with E-state index in [4.69, 9.17) is 23.2 Å². The van der Waals surface area contributed by atoms with Crippen LogP contribution in [0.15, 0.2) is 47.3 Å². The highest BCUT2D eigenvalue weighted by molar-refractivity contribution is 6.36. The first-order chi connectivity index (χ1) is 11.5. The van der Waals surface area contributed by atoms with E-state index in [2.05, 4.69) is 5.32 Å². The van der Waals surface area contributed by atoms with Crippen molar-refractivity contribution in [3.63, 3.8) is 0 Å². The van der Waals surface area contributed by atoms with Crippen LogP contribution in [0.4, 0.5) is 5.69 Å². The van der Waals surface area contributed by atoms with Crippen LogP contribution in [0.2, 0.25) is 10.0 Å². The number of hydrogen-bond acceptors (Lipinski definition) is 2. The van der Waals surface area contributed by atoms with E-state index in [1.165, 1.54) is 0 Å². The highest BCUT2D eigenvalue weighted by Crippen LogP contribution is 2.25. The number of benzene rings is 2. The summed E-state index contributed by atoms with van der Waals surface area (Å²) in [5, 5.41) is 3.60. The number of nitrogens with zero attached hydrogens (tertiary/aromatic N) is 2. The van der Waals surface area contributed by atoms with Gasteiger partial charge in [0.1, 0.15) is 0 Å². The Bertz CT molecular complexity index is 976. The zero-order valence-electron chi connectivity index (χ0n) is 12.9. The number of para-hydroxylation sites is 2. The van der Waals surface area contributed by atoms with Gasteiger partial charge in [-0.05, 0) is 30.3 Å². The van der Waals surface area contributed by atoms with Gasteiger partial charge in [0.25, 0.3) is 0 Å². The summed E-state index contributed by atoms with van der Waals surface area (Å²) in [6, 6.07) is 12.3. The first-order valence-corrected chi connectivity index (χ1v) is 8.12. The van der Waals surface area contributed by atoms with Gasteiger partial charge < -0.3 is 5.32 Å². The molecule has 1 amide bonds. The van der Waals surface area contributed by atoms with Crippen molar-refractivity contribution in [3.8, 4) is 0 Å². The van der Waals surface area contributed by atoms with Crippen LogP contribution in [0.1, 0.15) is 6.42 Å². The average molecular weight is 364 g/mol. The number of aryl methyl sites for hydroxylation is 2. The van der Waals surface area contributed by atoms with Gasteiger partial charge in [-0.3, -0.25) is 13.9 Å². The second-order valence-electron chi connectivity index (χ2n) is 5.40. The van der Waals surface area contributed by atoms with Gasteiger partial charge in [-0.2, -0.15) is 0 Å². The molecule has 0 unspecified atom stereocenters. The molecule has 0 fully saturated rings. The first kappa shape index (κ1) is 16.6. The van der Waals surface area contributed by atoms with Gasteiger partial charge in [0.05, 0.1) is 21.7 Å². The number of anilines is 1. The number of fused-ring (bicyclic) bond motifs is 1. The minimum Gasteiger partial charge on any atom is -0.325 e. The standard InChI is InChI=1S/C17H15Cl2N3O2/c1-21-14-4-2-3-5-15(14)22(17(21)24)9-8-16(23)20-13-7-6-11(18)10-12(13)19/h2-7,10H,8-9H2,1H3,(H,20,23). The molecule has 0 bridgehead atoms. The molecule has 0 saturated carbocycles. The van der Waals surface area contributed by atoms with Crippen molar-refractivity contribution >= 4 is 45.8 Å². The number of aromatic nitrogens is 2. The lowest BCUT2D eigenvalue weighted by Gasteiger charge is -2.08. The molecule has 0 saturated heterocycles. The van der Waals surface area contributed by atoms with E-state index in [0.717, 1.165) is 11.0 Å². The van der Waals surface area contributed by atoms with Crippen molar-refractivity contribution in [2.24, 2.45) is 7.05 Å². The number of halogens is 2. The van der Waals surface area contributed by atoms with Crippen molar-refractivity contribution in [1.82, 2.24) is 9.13 Å². The lowest BCUT2D eigenvalue weighted by molar-refractivity contribution is -0.116. The van der Waals surface area contributed by atoms with Crippen LogP contribution in [0.3, 0.4) is 0 Å². The largest absolute Gasteiger partial charge is 0.328 e. The topological polar surface area (TPSA) is 56.0 Å². The van der Waals surface area contributed by atoms with E-state index in [1.54, 1.807) is 34.4 Å². The summed E-state index contributed by atoms with van der Waals surface area (Å²) < 4.78 is 3.17. The fourth-order valence-electron chi connectivity index (χ4n) is 2.60. The van der Waals surface area contributed by atoms with Gasteiger partial charge in [0.2, 0.25) is 5.91 Å². The molecule has 0 radical (unpaired) electrons. The molecule has 2 aromatic carbocycles. The smallest absolute Gasteiger partial charge is 0.325 e. The summed E-state index contributed by atoms with van der Waals surface area (Å²) in [5.74, 6) is -0.223. The SMILES string of the molecule is Cn1c(=O)n(CCC(=O)Nc2ccc(Cl)cc2Cl)c2ccccc21. The van der Waals surface area contributed by atoms with Crippen molar-refractivity contribution in [2.45, 2.75) is 13.0 Å². The Labute approximate surface area is 148 Å². The van der Waals surface area contributed by atoms with Gasteiger partial charge >= 0.3 is 5.69 Å². The molecule has 1 aromatic heterocycles. The molecule has 0 aliphatic rings. The van der Waals surface area contributed by atoms with Crippen molar-refractivity contribution in [3.05, 3.63) is 63.0 Å². The lowest BCUT2D eigenvalue weighted by Crippen LogP contribution is -2.24. The molecule has 0 atom stereocenters. The molecule has 5 nitrogen and oxygen atoms in total. The number of imidazole rings is 1. The summed E-state index contributed by atoms with van der Waals surface area (Å²) in [7, 11) is 1.72. The molecule has 1 N–H and O–H groups in total. The number of rotatable bonds is 4. The van der Waals surface area contributed by atoms with Crippen LogP contribution in [0.5, 0.6) is 0 Å². The fourth-order valence-corrected chi connectivity index (χ4v) is 3.05. The van der Waals surface area contributed by atoms with Crippen LogP contribution in [0, 0.1) is 0 Å². The molecule has 1 heterocycles. The summed E-state index contributed by atoms with van der Waals surface area (Å²) in [5.41, 5.74) is 2.00. The van der Waals surface area contributed by atoms with Gasteiger partial charge in [0, 0.05) is 25.0 Å². The van der Waals surface area contributed by atoms with Crippen molar-refractivity contribution < 1.29 is 4.79 Å². The maximum Gasteiger partial charge on any atom is 0.328 e. The Balaban J connectivity index is 1.75. The van der Waals surface area contributed by atoms with E-state index in [0.29, 0.717) is 15.7 Å². The maximum atomic E-state index is 12.3. The molecule has 7 heteroatoms. The Morgan fingerprint density at radius 1 is 1.12 bits per heavy atom. The quantitative estimate of drug-likeness (QED) is 0.768. The van der Waals surface area contributed by atoms with E-state index in [9.17, 15) is 9.59 Å². The number of carbonyl (C=O) groups is 1. The normalized spacial score (nSPS) is 11.0. The number of carbonyl (C=O) groups excluding carboxylic acids is 1. The predicted octanol–water partition coefficient (Wildman–Crippen LogP) is 3.68. The molecular weight excluding hydrogens is 349 g/mol. The summed E-state index contributed by atoms with van der Waals surface area (Å²) in [6.07, 6.45) is 0.160. The molecule has 0 aliphatic carbocycles. The predicted molar refractivity (Wildman–Crippen MR) is 96.9 cm³/mol. The second-order valence-corrected chi connectivity index (χ2v) is 6.25. The second kappa shape index (κ2) is 6.71. The van der Waals surface area contributed by atoms with E-state index in [-0.39, 0.29) is 24.6 Å². The van der Waals surface area contributed by atoms with E-state index in [1.807, 2.05) is 24.3 Å². The van der Waals surface area contributed by atoms with Gasteiger partial charge in [-0.25, -0.2) is 4.79 Å². The first-order valence-electron chi connectivity index (χ1n) is 7.36. The Morgan fingerprint density at radius 3 is 2.54 bits per heavy atom. The summed E-state index contributed by atoms with van der Waals surface area (Å²) in [6.45, 7) is 0.289. The molecule has 0 aliphatic heterocycles. The zero-order valence-corrected chi connectivity index (χ0v) is 14.4. The summed E-state index contributed by atoms with van der Waals surface area (Å²) in [4.78, 5) is 24.5. The van der Waals surface area contributed by atoms with Crippen LogP contribution in [-0.4, -0.2) is 15.0 Å². The van der Waals surface area contributed by atoms with Crippen LogP contribution < -0.4 is 11.0 Å². The van der Waals surface area contributed by atoms with Crippen LogP contribution in [-0.2, 0) is 18.4 Å². The van der Waals surface area contributed by atoms with Gasteiger partial charge in [-0.15, -0.1) is 0 Å². The third-order valence-corrected chi connectivity index (χ3v) is 4.37. The van der Waals surface area contributed by atoms with Crippen LogP contribution >= 0.6 is 23.2 Å². The highest BCUT2D eigenvalue weighted by atomic mass is 35.5. The highest BCUT2D eigenvalue weighted by Gasteiger charge is 2.12. The third kappa shape index (κ3) is 3.18. The van der Waals surface area contributed by atoms with E-state index >= 15 is 0 Å². The third-order valence-electron chi connectivity index (χ3n) is 3.82. The Kier molecular flexibility index (Phi) is 4.64.